The molecule has 2 atom stereocenters. The maximum atomic E-state index is 11.1. The third-order valence-electron chi connectivity index (χ3n) is 4.50. The summed E-state index contributed by atoms with van der Waals surface area (Å²) < 4.78 is 5.65. The molecule has 0 bridgehead atoms. The molecule has 1 saturated carbocycles. The lowest BCUT2D eigenvalue weighted by atomic mass is 9.93. The van der Waals surface area contributed by atoms with Gasteiger partial charge in [-0.2, -0.15) is 0 Å². The smallest absolute Gasteiger partial charge is 0.129 e. The molecule has 0 heterocycles. The van der Waals surface area contributed by atoms with E-state index in [1.807, 2.05) is 19.1 Å². The molecule has 0 radical (unpaired) electrons. The Balaban J connectivity index is 0.000000381. The third kappa shape index (κ3) is 4.57. The number of ketones is 1. The minimum atomic E-state index is 0.112. The van der Waals surface area contributed by atoms with E-state index in [-0.39, 0.29) is 11.8 Å². The molecule has 1 fully saturated rings. The summed E-state index contributed by atoms with van der Waals surface area (Å²) in [6, 6.07) is 6.25. The van der Waals surface area contributed by atoms with E-state index in [0.29, 0.717) is 18.9 Å². The molecule has 0 aromatic heterocycles. The Morgan fingerprint density at radius 2 is 2.05 bits per heavy atom. The molecule has 2 aliphatic rings. The van der Waals surface area contributed by atoms with Gasteiger partial charge in [0.2, 0.25) is 0 Å². The number of fused-ring (bicyclic) bond motifs is 1. The zero-order chi connectivity index (χ0) is 16.1. The molecule has 0 amide bonds. The van der Waals surface area contributed by atoms with Crippen LogP contribution in [0.15, 0.2) is 18.2 Å². The highest BCUT2D eigenvalue weighted by molar-refractivity contribution is 5.75. The van der Waals surface area contributed by atoms with Gasteiger partial charge in [0.05, 0.1) is 6.61 Å². The molecule has 0 saturated heterocycles. The van der Waals surface area contributed by atoms with Crippen molar-refractivity contribution >= 4 is 5.78 Å². The monoisotopic (exact) mass is 303 g/mol. The predicted molar refractivity (Wildman–Crippen MR) is 90.3 cm³/mol. The van der Waals surface area contributed by atoms with Crippen molar-refractivity contribution in [2.75, 3.05) is 6.61 Å². The molecule has 0 spiro atoms. The fourth-order valence-corrected chi connectivity index (χ4v) is 2.94. The van der Waals surface area contributed by atoms with E-state index in [1.165, 1.54) is 24.0 Å². The highest BCUT2D eigenvalue weighted by atomic mass is 16.5. The van der Waals surface area contributed by atoms with Gasteiger partial charge in [0.15, 0.2) is 0 Å². The number of rotatable bonds is 5. The van der Waals surface area contributed by atoms with Gasteiger partial charge in [-0.15, -0.1) is 0 Å². The summed E-state index contributed by atoms with van der Waals surface area (Å²) in [6.07, 6.45) is 5.28. The van der Waals surface area contributed by atoms with Gasteiger partial charge in [0, 0.05) is 18.4 Å². The Morgan fingerprint density at radius 1 is 1.36 bits per heavy atom. The number of hydrogen-bond donors (Lipinski definition) is 1. The van der Waals surface area contributed by atoms with E-state index in [4.69, 9.17) is 10.5 Å². The maximum absolute atomic E-state index is 11.1. The Labute approximate surface area is 134 Å². The Bertz CT molecular complexity index is 508. The summed E-state index contributed by atoms with van der Waals surface area (Å²) >= 11 is 0. The molecule has 122 valence electrons. The predicted octanol–water partition coefficient (Wildman–Crippen LogP) is 3.84. The first kappa shape index (κ1) is 17.0. The molecule has 0 aliphatic heterocycles. The van der Waals surface area contributed by atoms with Crippen LogP contribution < -0.4 is 10.5 Å². The van der Waals surface area contributed by atoms with Crippen LogP contribution in [0.1, 0.15) is 63.5 Å². The second-order valence-electron chi connectivity index (χ2n) is 6.65. The summed E-state index contributed by atoms with van der Waals surface area (Å²) in [5, 5.41) is 0. The summed E-state index contributed by atoms with van der Waals surface area (Å²) in [5.74, 6) is 2.57. The average molecular weight is 303 g/mol. The largest absolute Gasteiger partial charge is 0.494 e. The van der Waals surface area contributed by atoms with Crippen molar-refractivity contribution in [2.24, 2.45) is 11.7 Å². The summed E-state index contributed by atoms with van der Waals surface area (Å²) in [4.78, 5) is 11.1. The molecule has 2 aliphatic carbocycles. The zero-order valence-corrected chi connectivity index (χ0v) is 14.1. The summed E-state index contributed by atoms with van der Waals surface area (Å²) in [7, 11) is 0. The normalized spacial score (nSPS) is 22.5. The number of ether oxygens (including phenoxy) is 1. The van der Waals surface area contributed by atoms with Gasteiger partial charge < -0.3 is 15.3 Å². The molecular weight excluding hydrogens is 274 g/mol. The molecule has 22 heavy (non-hydrogen) atoms. The Kier molecular flexibility index (Phi) is 6.01. The van der Waals surface area contributed by atoms with Gasteiger partial charge in [-0.05, 0) is 49.8 Å². The molecule has 3 rings (SSSR count). The van der Waals surface area contributed by atoms with Crippen molar-refractivity contribution in [2.45, 2.75) is 64.8 Å². The van der Waals surface area contributed by atoms with Crippen molar-refractivity contribution in [3.8, 4) is 5.75 Å². The minimum Gasteiger partial charge on any atom is -0.494 e. The first-order valence-corrected chi connectivity index (χ1v) is 8.52. The van der Waals surface area contributed by atoms with Crippen molar-refractivity contribution in [3.05, 3.63) is 29.3 Å². The number of nitrogens with two attached hydrogens (primary N) is 1. The van der Waals surface area contributed by atoms with Gasteiger partial charge in [0.25, 0.3) is 0 Å². The van der Waals surface area contributed by atoms with Gasteiger partial charge in [-0.25, -0.2) is 0 Å². The van der Waals surface area contributed by atoms with Crippen LogP contribution in [0.4, 0.5) is 0 Å². The molecule has 2 N–H and O–H groups in total. The average Bonchev–Trinajstić information content (AvgIpc) is 3.17. The highest BCUT2D eigenvalue weighted by Crippen LogP contribution is 2.40. The molecule has 2 unspecified atom stereocenters. The first-order chi connectivity index (χ1) is 10.5. The number of carbonyl (C=O) groups is 1. The summed E-state index contributed by atoms with van der Waals surface area (Å²) in [5.41, 5.74) is 8.72. The zero-order valence-electron chi connectivity index (χ0n) is 14.1. The number of benzene rings is 1. The topological polar surface area (TPSA) is 52.3 Å². The van der Waals surface area contributed by atoms with Crippen LogP contribution in [0.3, 0.4) is 0 Å². The first-order valence-electron chi connectivity index (χ1n) is 8.52. The fraction of sp³-hybridized carbons (Fsp3) is 0.632. The van der Waals surface area contributed by atoms with Crippen molar-refractivity contribution in [3.63, 3.8) is 0 Å². The fourth-order valence-electron chi connectivity index (χ4n) is 2.94. The number of carbonyl (C=O) groups excluding carboxylic acids is 1. The third-order valence-corrected chi connectivity index (χ3v) is 4.50. The van der Waals surface area contributed by atoms with Crippen LogP contribution in [0.25, 0.3) is 0 Å². The van der Waals surface area contributed by atoms with Crippen LogP contribution in [0.2, 0.25) is 0 Å². The van der Waals surface area contributed by atoms with Crippen LogP contribution in [-0.4, -0.2) is 18.4 Å². The van der Waals surface area contributed by atoms with Crippen LogP contribution in [0.5, 0.6) is 5.75 Å². The lowest BCUT2D eigenvalue weighted by molar-refractivity contribution is -0.117. The Hall–Kier alpha value is -1.35. The van der Waals surface area contributed by atoms with E-state index < -0.39 is 0 Å². The second kappa shape index (κ2) is 7.77. The van der Waals surface area contributed by atoms with Crippen molar-refractivity contribution in [1.29, 1.82) is 0 Å². The van der Waals surface area contributed by atoms with E-state index in [9.17, 15) is 4.79 Å². The Morgan fingerprint density at radius 3 is 2.59 bits per heavy atom. The van der Waals surface area contributed by atoms with E-state index in [2.05, 4.69) is 13.0 Å². The van der Waals surface area contributed by atoms with Crippen LogP contribution >= 0.6 is 0 Å². The molecule has 1 aromatic rings. The van der Waals surface area contributed by atoms with Crippen LogP contribution in [0, 0.1) is 5.92 Å². The standard InChI is InChI=1S/C15H21NO2.C4H8/c1-3-18-15-6-4-5-11-12(8-7-10(2)17)14(16)9-13(11)15;1-4-2-3-4/h4-6,12,14H,3,7-9,16H2,1-2H3;4H,2-3H2,1H3. The van der Waals surface area contributed by atoms with Gasteiger partial charge in [0.1, 0.15) is 11.5 Å². The maximum Gasteiger partial charge on any atom is 0.129 e. The lowest BCUT2D eigenvalue weighted by Gasteiger charge is -2.15. The minimum absolute atomic E-state index is 0.112. The number of hydrogen-bond acceptors (Lipinski definition) is 3. The van der Waals surface area contributed by atoms with Crippen molar-refractivity contribution in [1.82, 2.24) is 0 Å². The molecular formula is C19H29NO2. The summed E-state index contributed by atoms with van der Waals surface area (Å²) in [6.45, 7) is 6.57. The SMILES string of the molecule is CC1CC1.CCOc1cccc2c1CC(N)C2CCC(C)=O. The molecule has 3 heteroatoms. The van der Waals surface area contributed by atoms with E-state index >= 15 is 0 Å². The van der Waals surface area contributed by atoms with Gasteiger partial charge in [-0.1, -0.05) is 31.9 Å². The second-order valence-corrected chi connectivity index (χ2v) is 6.65. The van der Waals surface area contributed by atoms with E-state index in [1.54, 1.807) is 6.92 Å². The lowest BCUT2D eigenvalue weighted by Crippen LogP contribution is -2.25. The quantitative estimate of drug-likeness (QED) is 0.899. The van der Waals surface area contributed by atoms with E-state index in [0.717, 1.165) is 24.5 Å². The van der Waals surface area contributed by atoms with Gasteiger partial charge in [-0.3, -0.25) is 0 Å². The highest BCUT2D eigenvalue weighted by Gasteiger charge is 2.31. The van der Waals surface area contributed by atoms with Gasteiger partial charge >= 0.3 is 0 Å². The molecule has 3 nitrogen and oxygen atoms in total. The molecule has 1 aromatic carbocycles. The number of Topliss-reactive ketones (excluding diaryl/α,β-unsaturated/α-hetero) is 1. The van der Waals surface area contributed by atoms with Crippen molar-refractivity contribution < 1.29 is 9.53 Å². The van der Waals surface area contributed by atoms with Crippen LogP contribution in [-0.2, 0) is 11.2 Å².